The summed E-state index contributed by atoms with van der Waals surface area (Å²) in [7, 11) is 1.53. The Morgan fingerprint density at radius 3 is 2.84 bits per heavy atom. The number of nitrogens with one attached hydrogen (secondary N) is 1. The largest absolute Gasteiger partial charge is 0.495 e. The quantitative estimate of drug-likeness (QED) is 0.779. The van der Waals surface area contributed by atoms with Crippen molar-refractivity contribution in [1.29, 1.82) is 0 Å². The number of aromatic nitrogens is 2. The van der Waals surface area contributed by atoms with E-state index in [1.807, 2.05) is 13.0 Å². The molecule has 6 nitrogen and oxygen atoms in total. The van der Waals surface area contributed by atoms with Gasteiger partial charge in [0.2, 0.25) is 5.91 Å². The Morgan fingerprint density at radius 2 is 2.08 bits per heavy atom. The molecule has 128 valence electrons. The third kappa shape index (κ3) is 3.64. The smallest absolute Gasteiger partial charge is 0.261 e. The van der Waals surface area contributed by atoms with Crippen molar-refractivity contribution >= 4 is 34.1 Å². The number of carbonyl (C=O) groups excluding carboxylic acids is 1. The van der Waals surface area contributed by atoms with Crippen LogP contribution in [0.15, 0.2) is 47.5 Å². The number of benzene rings is 2. The maximum Gasteiger partial charge on any atom is 0.261 e. The van der Waals surface area contributed by atoms with Crippen LogP contribution in [-0.2, 0) is 11.3 Å². The number of nitrogens with zero attached hydrogens (tertiary/aromatic N) is 2. The van der Waals surface area contributed by atoms with Crippen LogP contribution in [0.4, 0.5) is 5.69 Å². The first kappa shape index (κ1) is 17.0. The molecule has 25 heavy (non-hydrogen) atoms. The molecule has 0 saturated carbocycles. The SMILES string of the molecule is COc1ccc(C)cc1NC(=O)Cn1cnc2ccc(Cl)cc2c1=O. The maximum absolute atomic E-state index is 12.5. The lowest BCUT2D eigenvalue weighted by molar-refractivity contribution is -0.116. The second-order valence-electron chi connectivity index (χ2n) is 5.59. The molecular weight excluding hydrogens is 342 g/mol. The summed E-state index contributed by atoms with van der Waals surface area (Å²) in [4.78, 5) is 29.0. The van der Waals surface area contributed by atoms with Crippen LogP contribution in [0.2, 0.25) is 5.02 Å². The number of fused-ring (bicyclic) bond motifs is 1. The minimum atomic E-state index is -0.353. The minimum absolute atomic E-state index is 0.161. The van der Waals surface area contributed by atoms with Gasteiger partial charge < -0.3 is 10.1 Å². The average Bonchev–Trinajstić information content (AvgIpc) is 2.58. The van der Waals surface area contributed by atoms with Crippen molar-refractivity contribution < 1.29 is 9.53 Å². The number of anilines is 1. The molecule has 0 unspecified atom stereocenters. The van der Waals surface area contributed by atoms with Crippen molar-refractivity contribution in [2.45, 2.75) is 13.5 Å². The molecule has 1 amide bonds. The Bertz CT molecular complexity index is 1010. The third-order valence-electron chi connectivity index (χ3n) is 3.73. The number of hydrogen-bond donors (Lipinski definition) is 1. The summed E-state index contributed by atoms with van der Waals surface area (Å²) in [5.41, 5.74) is 1.75. The summed E-state index contributed by atoms with van der Waals surface area (Å²) in [6.45, 7) is 1.75. The first-order valence-corrected chi connectivity index (χ1v) is 7.95. The Morgan fingerprint density at radius 1 is 1.28 bits per heavy atom. The summed E-state index contributed by atoms with van der Waals surface area (Å²) < 4.78 is 6.48. The van der Waals surface area contributed by atoms with Gasteiger partial charge in [0.05, 0.1) is 30.0 Å². The number of rotatable bonds is 4. The fraction of sp³-hybridized carbons (Fsp3) is 0.167. The van der Waals surface area contributed by atoms with Crippen LogP contribution in [0.1, 0.15) is 5.56 Å². The highest BCUT2D eigenvalue weighted by atomic mass is 35.5. The van der Waals surface area contributed by atoms with Gasteiger partial charge in [0.1, 0.15) is 12.3 Å². The second kappa shape index (κ2) is 6.94. The predicted molar refractivity (Wildman–Crippen MR) is 97.4 cm³/mol. The van der Waals surface area contributed by atoms with Gasteiger partial charge in [0, 0.05) is 5.02 Å². The molecule has 0 saturated heterocycles. The van der Waals surface area contributed by atoms with Crippen LogP contribution in [0.5, 0.6) is 5.75 Å². The van der Waals surface area contributed by atoms with Gasteiger partial charge in [-0.15, -0.1) is 0 Å². The summed E-state index contributed by atoms with van der Waals surface area (Å²) in [6, 6.07) is 10.3. The molecule has 1 heterocycles. The Labute approximate surface area is 149 Å². The van der Waals surface area contributed by atoms with E-state index in [0.717, 1.165) is 5.56 Å². The van der Waals surface area contributed by atoms with E-state index in [0.29, 0.717) is 27.4 Å². The van der Waals surface area contributed by atoms with Crippen LogP contribution in [0.3, 0.4) is 0 Å². The first-order chi connectivity index (χ1) is 12.0. The van der Waals surface area contributed by atoms with Crippen LogP contribution in [0.25, 0.3) is 10.9 Å². The standard InChI is InChI=1S/C18H16ClN3O3/c1-11-3-6-16(25-2)15(7-11)21-17(23)9-22-10-20-14-5-4-12(19)8-13(14)18(22)24/h3-8,10H,9H2,1-2H3,(H,21,23). The number of ether oxygens (including phenoxy) is 1. The highest BCUT2D eigenvalue weighted by Gasteiger charge is 2.11. The normalized spacial score (nSPS) is 10.7. The summed E-state index contributed by atoms with van der Waals surface area (Å²) >= 11 is 5.94. The second-order valence-corrected chi connectivity index (χ2v) is 6.03. The van der Waals surface area contributed by atoms with E-state index in [2.05, 4.69) is 10.3 Å². The molecule has 0 aliphatic carbocycles. The minimum Gasteiger partial charge on any atom is -0.495 e. The molecule has 0 fully saturated rings. The third-order valence-corrected chi connectivity index (χ3v) is 3.96. The van der Waals surface area contributed by atoms with Gasteiger partial charge in [-0.3, -0.25) is 14.2 Å². The number of carbonyl (C=O) groups is 1. The van der Waals surface area contributed by atoms with Crippen molar-refractivity contribution in [3.05, 3.63) is 63.7 Å². The average molecular weight is 358 g/mol. The van der Waals surface area contributed by atoms with E-state index in [-0.39, 0.29) is 18.0 Å². The lowest BCUT2D eigenvalue weighted by Gasteiger charge is -2.12. The molecule has 0 atom stereocenters. The molecular formula is C18H16ClN3O3. The van der Waals surface area contributed by atoms with Crippen molar-refractivity contribution in [2.75, 3.05) is 12.4 Å². The highest BCUT2D eigenvalue weighted by Crippen LogP contribution is 2.25. The fourth-order valence-electron chi connectivity index (χ4n) is 2.51. The Kier molecular flexibility index (Phi) is 4.72. The Hall–Kier alpha value is -2.86. The first-order valence-electron chi connectivity index (χ1n) is 7.57. The lowest BCUT2D eigenvalue weighted by Crippen LogP contribution is -2.28. The van der Waals surface area contributed by atoms with E-state index in [9.17, 15) is 9.59 Å². The number of methoxy groups -OCH3 is 1. The Balaban J connectivity index is 1.86. The molecule has 0 bridgehead atoms. The fourth-order valence-corrected chi connectivity index (χ4v) is 2.68. The lowest BCUT2D eigenvalue weighted by atomic mass is 10.2. The van der Waals surface area contributed by atoms with Crippen LogP contribution < -0.4 is 15.6 Å². The van der Waals surface area contributed by atoms with Gasteiger partial charge >= 0.3 is 0 Å². The topological polar surface area (TPSA) is 73.2 Å². The maximum atomic E-state index is 12.5. The molecule has 0 aliphatic heterocycles. The summed E-state index contributed by atoms with van der Waals surface area (Å²) in [5, 5.41) is 3.57. The predicted octanol–water partition coefficient (Wildman–Crippen LogP) is 3.01. The van der Waals surface area contributed by atoms with Gasteiger partial charge in [0.25, 0.3) is 5.56 Å². The molecule has 2 aromatic carbocycles. The molecule has 3 rings (SSSR count). The van der Waals surface area contributed by atoms with Gasteiger partial charge in [-0.1, -0.05) is 17.7 Å². The van der Waals surface area contributed by atoms with E-state index >= 15 is 0 Å². The molecule has 0 spiro atoms. The number of hydrogen-bond acceptors (Lipinski definition) is 4. The van der Waals surface area contributed by atoms with Crippen molar-refractivity contribution in [2.24, 2.45) is 0 Å². The molecule has 7 heteroatoms. The number of amides is 1. The number of halogens is 1. The van der Waals surface area contributed by atoms with E-state index in [1.165, 1.54) is 18.0 Å². The van der Waals surface area contributed by atoms with Crippen molar-refractivity contribution in [1.82, 2.24) is 9.55 Å². The van der Waals surface area contributed by atoms with Crippen LogP contribution in [0, 0.1) is 6.92 Å². The molecule has 1 N–H and O–H groups in total. The molecule has 0 radical (unpaired) electrons. The van der Waals surface area contributed by atoms with Crippen molar-refractivity contribution in [3.8, 4) is 5.75 Å². The van der Waals surface area contributed by atoms with Crippen molar-refractivity contribution in [3.63, 3.8) is 0 Å². The van der Waals surface area contributed by atoms with Gasteiger partial charge in [-0.05, 0) is 42.8 Å². The molecule has 1 aromatic heterocycles. The molecule has 0 aliphatic rings. The van der Waals surface area contributed by atoms with Gasteiger partial charge in [-0.2, -0.15) is 0 Å². The van der Waals surface area contributed by atoms with E-state index < -0.39 is 0 Å². The zero-order valence-electron chi connectivity index (χ0n) is 13.7. The van der Waals surface area contributed by atoms with Crippen LogP contribution >= 0.6 is 11.6 Å². The highest BCUT2D eigenvalue weighted by molar-refractivity contribution is 6.31. The summed E-state index contributed by atoms with van der Waals surface area (Å²) in [6.07, 6.45) is 1.35. The monoisotopic (exact) mass is 357 g/mol. The molecule has 3 aromatic rings. The zero-order valence-corrected chi connectivity index (χ0v) is 14.5. The van der Waals surface area contributed by atoms with E-state index in [1.54, 1.807) is 30.3 Å². The van der Waals surface area contributed by atoms with Crippen LogP contribution in [-0.4, -0.2) is 22.6 Å². The zero-order chi connectivity index (χ0) is 18.0. The number of aryl methyl sites for hydroxylation is 1. The van der Waals surface area contributed by atoms with E-state index in [4.69, 9.17) is 16.3 Å². The summed E-state index contributed by atoms with van der Waals surface area (Å²) in [5.74, 6) is 0.198. The van der Waals surface area contributed by atoms with Gasteiger partial charge in [-0.25, -0.2) is 4.98 Å². The van der Waals surface area contributed by atoms with Gasteiger partial charge in [0.15, 0.2) is 0 Å².